The lowest BCUT2D eigenvalue weighted by molar-refractivity contribution is -0.117. The molecule has 0 heterocycles. The van der Waals surface area contributed by atoms with Gasteiger partial charge in [0.05, 0.1) is 18.4 Å². The summed E-state index contributed by atoms with van der Waals surface area (Å²) in [4.78, 5) is 23.9. The number of hydrogen-bond acceptors (Lipinski definition) is 3. The molecule has 4 heteroatoms. The summed E-state index contributed by atoms with van der Waals surface area (Å²) in [5, 5.41) is 2.87. The van der Waals surface area contributed by atoms with E-state index >= 15 is 0 Å². The van der Waals surface area contributed by atoms with Gasteiger partial charge in [0.2, 0.25) is 5.91 Å². The molecule has 0 aromatic heterocycles. The third-order valence-electron chi connectivity index (χ3n) is 4.94. The lowest BCUT2D eigenvalue weighted by Gasteiger charge is -2.21. The Hall–Kier alpha value is -1.84. The summed E-state index contributed by atoms with van der Waals surface area (Å²) in [6.45, 7) is 0. The number of para-hydroxylation sites is 1. The van der Waals surface area contributed by atoms with Gasteiger partial charge in [0.25, 0.3) is 0 Å². The molecule has 1 amide bonds. The predicted octanol–water partition coefficient (Wildman–Crippen LogP) is 3.24. The molecule has 4 nitrogen and oxygen atoms in total. The van der Waals surface area contributed by atoms with Crippen LogP contribution in [0.4, 0.5) is 5.69 Å². The maximum absolute atomic E-state index is 12.2. The second-order valence-electron chi connectivity index (χ2n) is 6.22. The van der Waals surface area contributed by atoms with E-state index in [0.717, 1.165) is 11.8 Å². The number of hydrogen-bond donors (Lipinski definition) is 1. The summed E-state index contributed by atoms with van der Waals surface area (Å²) in [6.07, 6.45) is 5.68. The second kappa shape index (κ2) is 5.88. The zero-order chi connectivity index (χ0) is 14.8. The second-order valence-corrected chi connectivity index (χ2v) is 6.22. The van der Waals surface area contributed by atoms with E-state index in [-0.39, 0.29) is 5.91 Å². The highest BCUT2D eigenvalue weighted by Crippen LogP contribution is 2.49. The minimum Gasteiger partial charge on any atom is -0.465 e. The average molecular weight is 287 g/mol. The standard InChI is InChI=1S/C17H21NO3/c1-21-17(20)14-4-2-3-5-15(14)18-16(19)10-13-9-11-6-7-12(13)8-11/h2-5,11-13H,6-10H2,1H3,(H,18,19)/t11-,12-,13-/m0/s1. The molecular formula is C17H21NO3. The van der Waals surface area contributed by atoms with Gasteiger partial charge < -0.3 is 10.1 Å². The molecule has 2 aliphatic carbocycles. The average Bonchev–Trinajstić information content (AvgIpc) is 3.09. The molecule has 0 radical (unpaired) electrons. The minimum atomic E-state index is -0.425. The van der Waals surface area contributed by atoms with Gasteiger partial charge in [-0.1, -0.05) is 18.6 Å². The van der Waals surface area contributed by atoms with Crippen LogP contribution in [-0.4, -0.2) is 19.0 Å². The van der Waals surface area contributed by atoms with E-state index in [1.807, 2.05) is 0 Å². The maximum Gasteiger partial charge on any atom is 0.339 e. The molecule has 1 aromatic carbocycles. The van der Waals surface area contributed by atoms with Crippen molar-refractivity contribution in [1.82, 2.24) is 0 Å². The van der Waals surface area contributed by atoms with Crippen LogP contribution in [0.3, 0.4) is 0 Å². The summed E-state index contributed by atoms with van der Waals surface area (Å²) in [7, 11) is 1.34. The fraction of sp³-hybridized carbons (Fsp3) is 0.529. The SMILES string of the molecule is COC(=O)c1ccccc1NC(=O)C[C@@H]1C[C@H]2CC[C@H]1C2. The fourth-order valence-corrected chi connectivity index (χ4v) is 3.95. The Morgan fingerprint density at radius 2 is 2.05 bits per heavy atom. The van der Waals surface area contributed by atoms with Gasteiger partial charge in [0.15, 0.2) is 0 Å². The first-order chi connectivity index (χ1) is 10.2. The van der Waals surface area contributed by atoms with Gasteiger partial charge in [-0.3, -0.25) is 4.79 Å². The number of amides is 1. The fourth-order valence-electron chi connectivity index (χ4n) is 3.95. The van der Waals surface area contributed by atoms with E-state index in [1.54, 1.807) is 24.3 Å². The summed E-state index contributed by atoms with van der Waals surface area (Å²) in [6, 6.07) is 6.97. The number of ether oxygens (including phenoxy) is 1. The van der Waals surface area contributed by atoms with E-state index in [0.29, 0.717) is 23.6 Å². The van der Waals surface area contributed by atoms with Crippen LogP contribution in [0.25, 0.3) is 0 Å². The molecule has 0 unspecified atom stereocenters. The zero-order valence-corrected chi connectivity index (χ0v) is 12.3. The van der Waals surface area contributed by atoms with Crippen LogP contribution < -0.4 is 5.32 Å². The van der Waals surface area contributed by atoms with Crippen molar-refractivity contribution < 1.29 is 14.3 Å². The van der Waals surface area contributed by atoms with E-state index in [2.05, 4.69) is 5.32 Å². The third-order valence-corrected chi connectivity index (χ3v) is 4.94. The Bertz CT molecular complexity index is 555. The number of nitrogens with one attached hydrogen (secondary N) is 1. The number of methoxy groups -OCH3 is 1. The highest BCUT2D eigenvalue weighted by atomic mass is 16.5. The summed E-state index contributed by atoms with van der Waals surface area (Å²) < 4.78 is 4.74. The van der Waals surface area contributed by atoms with Crippen LogP contribution >= 0.6 is 0 Å². The highest BCUT2D eigenvalue weighted by molar-refractivity contribution is 6.01. The smallest absolute Gasteiger partial charge is 0.339 e. The van der Waals surface area contributed by atoms with Crippen molar-refractivity contribution in [3.63, 3.8) is 0 Å². The number of benzene rings is 1. The molecule has 3 rings (SSSR count). The first-order valence-electron chi connectivity index (χ1n) is 7.64. The Balaban J connectivity index is 1.64. The van der Waals surface area contributed by atoms with E-state index < -0.39 is 5.97 Å². The molecule has 0 saturated heterocycles. The molecule has 2 saturated carbocycles. The van der Waals surface area contributed by atoms with Crippen molar-refractivity contribution in [1.29, 1.82) is 0 Å². The van der Waals surface area contributed by atoms with Crippen LogP contribution in [0.5, 0.6) is 0 Å². The Morgan fingerprint density at radius 3 is 2.71 bits per heavy atom. The van der Waals surface area contributed by atoms with Gasteiger partial charge in [-0.15, -0.1) is 0 Å². The molecule has 2 aliphatic rings. The summed E-state index contributed by atoms with van der Waals surface area (Å²) in [5.74, 6) is 1.68. The minimum absolute atomic E-state index is 0.00361. The van der Waals surface area contributed by atoms with E-state index in [9.17, 15) is 9.59 Å². The van der Waals surface area contributed by atoms with Crippen molar-refractivity contribution in [3.05, 3.63) is 29.8 Å². The molecule has 2 bridgehead atoms. The Morgan fingerprint density at radius 1 is 1.24 bits per heavy atom. The lowest BCUT2D eigenvalue weighted by atomic mass is 9.86. The van der Waals surface area contributed by atoms with Crippen molar-refractivity contribution in [2.75, 3.05) is 12.4 Å². The quantitative estimate of drug-likeness (QED) is 0.865. The number of carbonyl (C=O) groups is 2. The summed E-state index contributed by atoms with van der Waals surface area (Å²) >= 11 is 0. The van der Waals surface area contributed by atoms with Gasteiger partial charge in [-0.25, -0.2) is 4.79 Å². The van der Waals surface area contributed by atoms with Gasteiger partial charge in [-0.05, 0) is 49.1 Å². The van der Waals surface area contributed by atoms with Gasteiger partial charge in [0, 0.05) is 6.42 Å². The number of anilines is 1. The van der Waals surface area contributed by atoms with E-state index in [4.69, 9.17) is 4.74 Å². The number of carbonyl (C=O) groups excluding carboxylic acids is 2. The highest BCUT2D eigenvalue weighted by Gasteiger charge is 2.40. The van der Waals surface area contributed by atoms with Crippen molar-refractivity contribution in [2.45, 2.75) is 32.1 Å². The van der Waals surface area contributed by atoms with Gasteiger partial charge in [-0.2, -0.15) is 0 Å². The molecule has 2 fully saturated rings. The van der Waals surface area contributed by atoms with Crippen LogP contribution in [0.15, 0.2) is 24.3 Å². The maximum atomic E-state index is 12.2. The molecule has 1 N–H and O–H groups in total. The van der Waals surface area contributed by atoms with Crippen molar-refractivity contribution in [2.24, 2.45) is 17.8 Å². The molecule has 0 aliphatic heterocycles. The zero-order valence-electron chi connectivity index (χ0n) is 12.3. The predicted molar refractivity (Wildman–Crippen MR) is 80.0 cm³/mol. The largest absolute Gasteiger partial charge is 0.465 e. The molecule has 21 heavy (non-hydrogen) atoms. The van der Waals surface area contributed by atoms with Crippen LogP contribution in [0.2, 0.25) is 0 Å². The van der Waals surface area contributed by atoms with Crippen LogP contribution in [-0.2, 0) is 9.53 Å². The molecular weight excluding hydrogens is 266 g/mol. The molecule has 0 spiro atoms. The Kier molecular flexibility index (Phi) is 3.95. The lowest BCUT2D eigenvalue weighted by Crippen LogP contribution is -2.21. The van der Waals surface area contributed by atoms with Crippen LogP contribution in [0.1, 0.15) is 42.5 Å². The van der Waals surface area contributed by atoms with Crippen molar-refractivity contribution >= 4 is 17.6 Å². The number of rotatable bonds is 4. The van der Waals surface area contributed by atoms with Gasteiger partial charge >= 0.3 is 5.97 Å². The summed E-state index contributed by atoms with van der Waals surface area (Å²) in [5.41, 5.74) is 0.943. The first-order valence-corrected chi connectivity index (χ1v) is 7.64. The first kappa shape index (κ1) is 14.1. The van der Waals surface area contributed by atoms with Crippen molar-refractivity contribution in [3.8, 4) is 0 Å². The molecule has 112 valence electrons. The number of fused-ring (bicyclic) bond motifs is 2. The monoisotopic (exact) mass is 287 g/mol. The van der Waals surface area contributed by atoms with Crippen LogP contribution in [0, 0.1) is 17.8 Å². The number of esters is 1. The third kappa shape index (κ3) is 2.94. The molecule has 3 atom stereocenters. The van der Waals surface area contributed by atoms with E-state index in [1.165, 1.54) is 32.8 Å². The topological polar surface area (TPSA) is 55.4 Å². The Labute approximate surface area is 124 Å². The normalized spacial score (nSPS) is 26.6. The van der Waals surface area contributed by atoms with Gasteiger partial charge in [0.1, 0.15) is 0 Å². The molecule has 1 aromatic rings.